The van der Waals surface area contributed by atoms with Gasteiger partial charge >= 0.3 is 11.9 Å². The summed E-state index contributed by atoms with van der Waals surface area (Å²) in [6, 6.07) is 6.59. The zero-order valence-corrected chi connectivity index (χ0v) is 13.8. The summed E-state index contributed by atoms with van der Waals surface area (Å²) in [5, 5.41) is 9.05. The fraction of sp³-hybridized carbons (Fsp3) is 0.353. The molecule has 0 aromatic heterocycles. The van der Waals surface area contributed by atoms with E-state index < -0.39 is 11.9 Å². The van der Waals surface area contributed by atoms with E-state index in [0.29, 0.717) is 17.1 Å². The van der Waals surface area contributed by atoms with Crippen molar-refractivity contribution >= 4 is 18.0 Å². The lowest BCUT2D eigenvalue weighted by atomic mass is 10.1. The van der Waals surface area contributed by atoms with Crippen LogP contribution in [0.25, 0.3) is 6.08 Å². The number of hydrogen-bond acceptors (Lipinski definition) is 7. The topological polar surface area (TPSA) is 94.9 Å². The standard InChI is InChI=1S/C17H19NO6/c1-4-22-16(19)11-24-15-9-12(6-7-14(15)21-3)8-13(10-18)17(20)23-5-2/h6-9H,4-5,11H2,1-3H3/b13-8+. The van der Waals surface area contributed by atoms with Crippen LogP contribution < -0.4 is 9.47 Å². The molecule has 1 aromatic carbocycles. The molecule has 0 fully saturated rings. The van der Waals surface area contributed by atoms with Crippen molar-refractivity contribution in [3.05, 3.63) is 29.3 Å². The smallest absolute Gasteiger partial charge is 0.348 e. The fourth-order valence-corrected chi connectivity index (χ4v) is 1.75. The number of rotatable bonds is 8. The number of carbonyl (C=O) groups is 2. The Balaban J connectivity index is 3.01. The van der Waals surface area contributed by atoms with Gasteiger partial charge in [-0.25, -0.2) is 9.59 Å². The lowest BCUT2D eigenvalue weighted by Gasteiger charge is -2.11. The van der Waals surface area contributed by atoms with Crippen LogP contribution in [0.4, 0.5) is 0 Å². The van der Waals surface area contributed by atoms with Crippen molar-refractivity contribution in [2.24, 2.45) is 0 Å². The van der Waals surface area contributed by atoms with Crippen LogP contribution in [0.5, 0.6) is 11.5 Å². The van der Waals surface area contributed by atoms with Gasteiger partial charge in [0.15, 0.2) is 18.1 Å². The molecule has 1 rings (SSSR count). The van der Waals surface area contributed by atoms with Gasteiger partial charge in [0.05, 0.1) is 20.3 Å². The Bertz CT molecular complexity index is 660. The van der Waals surface area contributed by atoms with E-state index in [1.54, 1.807) is 38.1 Å². The average molecular weight is 333 g/mol. The molecule has 0 heterocycles. The first kappa shape index (κ1) is 19.0. The number of esters is 2. The van der Waals surface area contributed by atoms with Crippen LogP contribution in [0, 0.1) is 11.3 Å². The van der Waals surface area contributed by atoms with Gasteiger partial charge < -0.3 is 18.9 Å². The number of nitrogens with zero attached hydrogens (tertiary/aromatic N) is 1. The minimum absolute atomic E-state index is 0.140. The molecular weight excluding hydrogens is 314 g/mol. The maximum Gasteiger partial charge on any atom is 0.348 e. The van der Waals surface area contributed by atoms with Crippen LogP contribution in [0.1, 0.15) is 19.4 Å². The van der Waals surface area contributed by atoms with E-state index in [4.69, 9.17) is 24.2 Å². The van der Waals surface area contributed by atoms with Crippen molar-refractivity contribution in [3.8, 4) is 17.6 Å². The Morgan fingerprint density at radius 1 is 1.17 bits per heavy atom. The molecule has 24 heavy (non-hydrogen) atoms. The monoisotopic (exact) mass is 333 g/mol. The highest BCUT2D eigenvalue weighted by Crippen LogP contribution is 2.29. The second-order valence-corrected chi connectivity index (χ2v) is 4.39. The van der Waals surface area contributed by atoms with Crippen LogP contribution in [-0.2, 0) is 19.1 Å². The molecule has 0 atom stereocenters. The van der Waals surface area contributed by atoms with Crippen molar-refractivity contribution in [1.29, 1.82) is 5.26 Å². The van der Waals surface area contributed by atoms with Gasteiger partial charge in [-0.05, 0) is 37.6 Å². The van der Waals surface area contributed by atoms with Crippen LogP contribution in [0.2, 0.25) is 0 Å². The van der Waals surface area contributed by atoms with Crippen LogP contribution in [-0.4, -0.2) is 38.9 Å². The van der Waals surface area contributed by atoms with Crippen LogP contribution >= 0.6 is 0 Å². The molecule has 1 aromatic rings. The van der Waals surface area contributed by atoms with E-state index in [-0.39, 0.29) is 25.4 Å². The average Bonchev–Trinajstić information content (AvgIpc) is 2.58. The molecule has 0 amide bonds. The third-order valence-electron chi connectivity index (χ3n) is 2.77. The van der Waals surface area contributed by atoms with Crippen LogP contribution in [0.3, 0.4) is 0 Å². The molecular formula is C17H19NO6. The predicted molar refractivity (Wildman–Crippen MR) is 85.3 cm³/mol. The lowest BCUT2D eigenvalue weighted by Crippen LogP contribution is -2.15. The summed E-state index contributed by atoms with van der Waals surface area (Å²) in [6.07, 6.45) is 1.37. The molecule has 0 unspecified atom stereocenters. The number of benzene rings is 1. The van der Waals surface area contributed by atoms with E-state index >= 15 is 0 Å². The molecule has 0 spiro atoms. The molecule has 0 N–H and O–H groups in total. The molecule has 0 aliphatic rings. The quantitative estimate of drug-likeness (QED) is 0.408. The third-order valence-corrected chi connectivity index (χ3v) is 2.77. The number of carbonyl (C=O) groups excluding carboxylic acids is 2. The van der Waals surface area contributed by atoms with Crippen molar-refractivity contribution in [2.75, 3.05) is 26.9 Å². The number of methoxy groups -OCH3 is 1. The zero-order valence-electron chi connectivity index (χ0n) is 13.8. The molecule has 7 nitrogen and oxygen atoms in total. The first-order valence-corrected chi connectivity index (χ1v) is 7.31. The van der Waals surface area contributed by atoms with Gasteiger partial charge in [0.25, 0.3) is 0 Å². The predicted octanol–water partition coefficient (Wildman–Crippen LogP) is 2.11. The Labute approximate surface area is 140 Å². The third kappa shape index (κ3) is 5.65. The summed E-state index contributed by atoms with van der Waals surface area (Å²) in [4.78, 5) is 23.0. The van der Waals surface area contributed by atoms with Crippen molar-refractivity contribution < 1.29 is 28.5 Å². The minimum Gasteiger partial charge on any atom is -0.493 e. The summed E-state index contributed by atoms with van der Waals surface area (Å²) in [6.45, 7) is 3.51. The van der Waals surface area contributed by atoms with Crippen LogP contribution in [0.15, 0.2) is 23.8 Å². The highest BCUT2D eigenvalue weighted by Gasteiger charge is 2.12. The molecule has 0 saturated carbocycles. The largest absolute Gasteiger partial charge is 0.493 e. The molecule has 0 saturated heterocycles. The van der Waals surface area contributed by atoms with Gasteiger partial charge in [-0.1, -0.05) is 6.07 Å². The van der Waals surface area contributed by atoms with E-state index in [1.807, 2.05) is 0 Å². The van der Waals surface area contributed by atoms with E-state index in [2.05, 4.69) is 0 Å². The lowest BCUT2D eigenvalue weighted by molar-refractivity contribution is -0.145. The summed E-state index contributed by atoms with van der Waals surface area (Å²) in [7, 11) is 1.46. The molecule has 0 bridgehead atoms. The second kappa shape index (κ2) is 9.90. The molecule has 128 valence electrons. The summed E-state index contributed by atoms with van der Waals surface area (Å²) < 4.78 is 20.1. The van der Waals surface area contributed by atoms with E-state index in [9.17, 15) is 9.59 Å². The number of ether oxygens (including phenoxy) is 4. The van der Waals surface area contributed by atoms with Gasteiger partial charge in [0.1, 0.15) is 11.6 Å². The van der Waals surface area contributed by atoms with Gasteiger partial charge in [0.2, 0.25) is 0 Å². The Morgan fingerprint density at radius 2 is 1.88 bits per heavy atom. The molecule has 0 aliphatic heterocycles. The maximum atomic E-state index is 11.6. The van der Waals surface area contributed by atoms with E-state index in [0.717, 1.165) is 0 Å². The highest BCUT2D eigenvalue weighted by atomic mass is 16.6. The fourth-order valence-electron chi connectivity index (χ4n) is 1.75. The minimum atomic E-state index is -0.704. The van der Waals surface area contributed by atoms with E-state index in [1.165, 1.54) is 13.2 Å². The summed E-state index contributed by atoms with van der Waals surface area (Å²) >= 11 is 0. The number of nitriles is 1. The highest BCUT2D eigenvalue weighted by molar-refractivity contribution is 5.97. The zero-order chi connectivity index (χ0) is 17.9. The first-order valence-electron chi connectivity index (χ1n) is 7.31. The summed E-state index contributed by atoms with van der Waals surface area (Å²) in [5.41, 5.74) is 0.387. The number of hydrogen-bond donors (Lipinski definition) is 0. The maximum absolute atomic E-state index is 11.6. The van der Waals surface area contributed by atoms with Gasteiger partial charge in [-0.2, -0.15) is 5.26 Å². The molecule has 0 radical (unpaired) electrons. The Hall–Kier alpha value is -3.01. The van der Waals surface area contributed by atoms with Crippen molar-refractivity contribution in [2.45, 2.75) is 13.8 Å². The summed E-state index contributed by atoms with van der Waals surface area (Å²) in [5.74, 6) is -0.513. The van der Waals surface area contributed by atoms with Gasteiger partial charge in [-0.15, -0.1) is 0 Å². The molecule has 7 heteroatoms. The normalized spacial score (nSPS) is 10.5. The van der Waals surface area contributed by atoms with Crippen molar-refractivity contribution in [1.82, 2.24) is 0 Å². The van der Waals surface area contributed by atoms with Gasteiger partial charge in [-0.3, -0.25) is 0 Å². The SMILES string of the molecule is CCOC(=O)COc1cc(/C=C(\C#N)C(=O)OCC)ccc1OC. The first-order chi connectivity index (χ1) is 11.5. The Morgan fingerprint density at radius 3 is 2.46 bits per heavy atom. The van der Waals surface area contributed by atoms with Gasteiger partial charge in [0, 0.05) is 0 Å². The van der Waals surface area contributed by atoms with Crippen molar-refractivity contribution in [3.63, 3.8) is 0 Å². The Kier molecular flexibility index (Phi) is 7.85. The molecule has 0 aliphatic carbocycles. The second-order valence-electron chi connectivity index (χ2n) is 4.39.